The number of anilines is 1. The number of hydrogen-bond acceptors (Lipinski definition) is 3. The average Bonchev–Trinajstić information content (AvgIpc) is 2.61. The predicted octanol–water partition coefficient (Wildman–Crippen LogP) is 3.82. The SMILES string of the molecule is CN(CCOc1ccccc1)C(=O)c1cccc(NC(=O)C(C)(C)C)c1. The fourth-order valence-electron chi connectivity index (χ4n) is 2.19. The molecule has 0 unspecified atom stereocenters. The first-order valence-electron chi connectivity index (χ1n) is 8.62. The van der Waals surface area contributed by atoms with E-state index in [1.807, 2.05) is 51.1 Å². The molecule has 5 nitrogen and oxygen atoms in total. The van der Waals surface area contributed by atoms with Crippen molar-refractivity contribution in [1.29, 1.82) is 0 Å². The molecule has 0 aliphatic rings. The lowest BCUT2D eigenvalue weighted by Gasteiger charge is -2.19. The van der Waals surface area contributed by atoms with E-state index in [4.69, 9.17) is 4.74 Å². The molecule has 0 radical (unpaired) electrons. The van der Waals surface area contributed by atoms with E-state index in [9.17, 15) is 9.59 Å². The van der Waals surface area contributed by atoms with Crippen LogP contribution in [0.4, 0.5) is 5.69 Å². The molecule has 2 aromatic carbocycles. The van der Waals surface area contributed by atoms with Crippen molar-refractivity contribution in [3.8, 4) is 5.75 Å². The zero-order valence-electron chi connectivity index (χ0n) is 15.8. The van der Waals surface area contributed by atoms with Crippen molar-refractivity contribution in [3.63, 3.8) is 0 Å². The largest absolute Gasteiger partial charge is 0.492 e. The van der Waals surface area contributed by atoms with E-state index in [2.05, 4.69) is 5.32 Å². The number of ether oxygens (including phenoxy) is 1. The Kier molecular flexibility index (Phi) is 6.39. The van der Waals surface area contributed by atoms with Gasteiger partial charge in [0.25, 0.3) is 5.91 Å². The Morgan fingerprint density at radius 3 is 2.38 bits per heavy atom. The maximum Gasteiger partial charge on any atom is 0.253 e. The minimum absolute atomic E-state index is 0.0910. The van der Waals surface area contributed by atoms with Crippen LogP contribution >= 0.6 is 0 Å². The molecule has 2 amide bonds. The van der Waals surface area contributed by atoms with Crippen LogP contribution in [0.15, 0.2) is 54.6 Å². The van der Waals surface area contributed by atoms with Crippen molar-refractivity contribution < 1.29 is 14.3 Å². The average molecular weight is 354 g/mol. The second kappa shape index (κ2) is 8.52. The van der Waals surface area contributed by atoms with Gasteiger partial charge in [0.15, 0.2) is 0 Å². The lowest BCUT2D eigenvalue weighted by atomic mass is 9.95. The van der Waals surface area contributed by atoms with Gasteiger partial charge in [0.05, 0.1) is 6.54 Å². The molecule has 0 saturated heterocycles. The van der Waals surface area contributed by atoms with Gasteiger partial charge in [-0.3, -0.25) is 9.59 Å². The highest BCUT2D eigenvalue weighted by Crippen LogP contribution is 2.18. The second-order valence-corrected chi connectivity index (χ2v) is 7.17. The molecule has 0 aromatic heterocycles. The number of amides is 2. The fraction of sp³-hybridized carbons (Fsp3) is 0.333. The monoisotopic (exact) mass is 354 g/mol. The molecule has 0 bridgehead atoms. The van der Waals surface area contributed by atoms with E-state index < -0.39 is 5.41 Å². The van der Waals surface area contributed by atoms with Gasteiger partial charge in [-0.05, 0) is 30.3 Å². The summed E-state index contributed by atoms with van der Waals surface area (Å²) in [6.07, 6.45) is 0. The molecule has 5 heteroatoms. The van der Waals surface area contributed by atoms with Crippen molar-refractivity contribution in [2.75, 3.05) is 25.5 Å². The fourth-order valence-corrected chi connectivity index (χ4v) is 2.19. The van der Waals surface area contributed by atoms with Crippen molar-refractivity contribution in [2.24, 2.45) is 5.41 Å². The van der Waals surface area contributed by atoms with E-state index >= 15 is 0 Å². The summed E-state index contributed by atoms with van der Waals surface area (Å²) < 4.78 is 5.63. The number of benzene rings is 2. The second-order valence-electron chi connectivity index (χ2n) is 7.17. The number of nitrogens with one attached hydrogen (secondary N) is 1. The summed E-state index contributed by atoms with van der Waals surface area (Å²) >= 11 is 0. The molecule has 0 atom stereocenters. The Morgan fingerprint density at radius 1 is 1.04 bits per heavy atom. The van der Waals surface area contributed by atoms with Crippen LogP contribution in [0.5, 0.6) is 5.75 Å². The molecule has 0 spiro atoms. The van der Waals surface area contributed by atoms with E-state index in [-0.39, 0.29) is 11.8 Å². The van der Waals surface area contributed by atoms with Crippen molar-refractivity contribution >= 4 is 17.5 Å². The standard InChI is InChI=1S/C21H26N2O3/c1-21(2,3)20(25)22-17-10-8-9-16(15-17)19(24)23(4)13-14-26-18-11-6-5-7-12-18/h5-12,15H,13-14H2,1-4H3,(H,22,25). The van der Waals surface area contributed by atoms with Crippen LogP contribution in [0.2, 0.25) is 0 Å². The van der Waals surface area contributed by atoms with Gasteiger partial charge in [0.1, 0.15) is 12.4 Å². The number of rotatable bonds is 6. The molecule has 0 heterocycles. The lowest BCUT2D eigenvalue weighted by Crippen LogP contribution is -2.31. The van der Waals surface area contributed by atoms with Gasteiger partial charge in [-0.1, -0.05) is 45.0 Å². The Labute approximate surface area is 155 Å². The summed E-state index contributed by atoms with van der Waals surface area (Å²) in [5.41, 5.74) is 0.648. The molecule has 2 rings (SSSR count). The number of likely N-dealkylation sites (N-methyl/N-ethyl adjacent to an activating group) is 1. The van der Waals surface area contributed by atoms with Gasteiger partial charge >= 0.3 is 0 Å². The molecule has 26 heavy (non-hydrogen) atoms. The predicted molar refractivity (Wildman–Crippen MR) is 103 cm³/mol. The topological polar surface area (TPSA) is 58.6 Å². The van der Waals surface area contributed by atoms with Gasteiger partial charge in [0.2, 0.25) is 5.91 Å². The Bertz CT molecular complexity index is 751. The first-order chi connectivity index (χ1) is 12.3. The van der Waals surface area contributed by atoms with E-state index in [1.54, 1.807) is 36.2 Å². The highest BCUT2D eigenvalue weighted by Gasteiger charge is 2.21. The number of carbonyl (C=O) groups is 2. The van der Waals surface area contributed by atoms with Gasteiger partial charge in [0, 0.05) is 23.7 Å². The molecule has 0 saturated carbocycles. The molecule has 2 aromatic rings. The molecular formula is C21H26N2O3. The number of para-hydroxylation sites is 1. The number of carbonyl (C=O) groups excluding carboxylic acids is 2. The van der Waals surface area contributed by atoms with E-state index in [0.29, 0.717) is 24.4 Å². The minimum atomic E-state index is -0.494. The Morgan fingerprint density at radius 2 is 1.73 bits per heavy atom. The van der Waals surface area contributed by atoms with Gasteiger partial charge in [-0.25, -0.2) is 0 Å². The van der Waals surface area contributed by atoms with Crippen LogP contribution in [0.3, 0.4) is 0 Å². The summed E-state index contributed by atoms with van der Waals surface area (Å²) in [6, 6.07) is 16.5. The van der Waals surface area contributed by atoms with E-state index in [0.717, 1.165) is 5.75 Å². The maximum atomic E-state index is 12.6. The highest BCUT2D eigenvalue weighted by molar-refractivity contribution is 5.98. The minimum Gasteiger partial charge on any atom is -0.492 e. The molecule has 138 valence electrons. The van der Waals surface area contributed by atoms with Crippen LogP contribution in [0.25, 0.3) is 0 Å². The Hall–Kier alpha value is -2.82. The summed E-state index contributed by atoms with van der Waals surface area (Å²) in [5, 5.41) is 2.85. The van der Waals surface area contributed by atoms with Crippen molar-refractivity contribution in [1.82, 2.24) is 4.90 Å². The summed E-state index contributed by atoms with van der Waals surface area (Å²) in [7, 11) is 1.73. The van der Waals surface area contributed by atoms with Crippen LogP contribution < -0.4 is 10.1 Å². The highest BCUT2D eigenvalue weighted by atomic mass is 16.5. The third kappa shape index (κ3) is 5.62. The normalized spacial score (nSPS) is 10.9. The smallest absolute Gasteiger partial charge is 0.253 e. The third-order valence-corrected chi connectivity index (χ3v) is 3.83. The maximum absolute atomic E-state index is 12.6. The van der Waals surface area contributed by atoms with Crippen LogP contribution in [0, 0.1) is 5.41 Å². The van der Waals surface area contributed by atoms with Crippen LogP contribution in [-0.4, -0.2) is 36.9 Å². The molecule has 0 fully saturated rings. The summed E-state index contributed by atoms with van der Waals surface area (Å²) in [6.45, 7) is 6.41. The first kappa shape index (κ1) is 19.5. The zero-order chi connectivity index (χ0) is 19.2. The number of hydrogen-bond donors (Lipinski definition) is 1. The Balaban J connectivity index is 1.93. The van der Waals surface area contributed by atoms with Crippen molar-refractivity contribution in [3.05, 3.63) is 60.2 Å². The van der Waals surface area contributed by atoms with E-state index in [1.165, 1.54) is 0 Å². The summed E-state index contributed by atoms with van der Waals surface area (Å²) in [4.78, 5) is 26.3. The number of nitrogens with zero attached hydrogens (tertiary/aromatic N) is 1. The molecular weight excluding hydrogens is 328 g/mol. The van der Waals surface area contributed by atoms with Gasteiger partial charge in [-0.15, -0.1) is 0 Å². The quantitative estimate of drug-likeness (QED) is 0.858. The van der Waals surface area contributed by atoms with Crippen molar-refractivity contribution in [2.45, 2.75) is 20.8 Å². The molecule has 1 N–H and O–H groups in total. The van der Waals surface area contributed by atoms with Gasteiger partial charge < -0.3 is 15.0 Å². The molecule has 0 aliphatic carbocycles. The lowest BCUT2D eigenvalue weighted by molar-refractivity contribution is -0.123. The van der Waals surface area contributed by atoms with Crippen LogP contribution in [0.1, 0.15) is 31.1 Å². The summed E-state index contributed by atoms with van der Waals surface area (Å²) in [5.74, 6) is 0.570. The van der Waals surface area contributed by atoms with Crippen LogP contribution in [-0.2, 0) is 4.79 Å². The van der Waals surface area contributed by atoms with Gasteiger partial charge in [-0.2, -0.15) is 0 Å². The first-order valence-corrected chi connectivity index (χ1v) is 8.62. The molecule has 0 aliphatic heterocycles. The third-order valence-electron chi connectivity index (χ3n) is 3.83. The zero-order valence-corrected chi connectivity index (χ0v) is 15.8.